The summed E-state index contributed by atoms with van der Waals surface area (Å²) in [6, 6.07) is 20.1. The molecular formula is C21H23N3OS. The first-order valence-electron chi connectivity index (χ1n) is 8.74. The van der Waals surface area contributed by atoms with Crippen molar-refractivity contribution in [1.82, 2.24) is 14.9 Å². The van der Waals surface area contributed by atoms with E-state index in [9.17, 15) is 4.79 Å². The van der Waals surface area contributed by atoms with E-state index in [1.165, 1.54) is 11.8 Å². The molecule has 2 aromatic carbocycles. The number of carbonyl (C=O) groups excluding carboxylic acids is 1. The third-order valence-corrected chi connectivity index (χ3v) is 5.66. The third kappa shape index (κ3) is 4.35. The van der Waals surface area contributed by atoms with Crippen LogP contribution in [-0.2, 0) is 18.4 Å². The van der Waals surface area contributed by atoms with Gasteiger partial charge in [0.25, 0.3) is 0 Å². The number of imidazole rings is 1. The molecule has 1 amide bonds. The second-order valence-corrected chi connectivity index (χ2v) is 7.24. The number of amides is 1. The smallest absolute Gasteiger partial charge is 0.233 e. The molecule has 1 N–H and O–H groups in total. The molecule has 1 unspecified atom stereocenters. The van der Waals surface area contributed by atoms with Crippen LogP contribution in [0.5, 0.6) is 0 Å². The second kappa shape index (κ2) is 8.72. The summed E-state index contributed by atoms with van der Waals surface area (Å²) in [5.41, 5.74) is 3.27. The Balaban J connectivity index is 1.66. The number of thioether (sulfide) groups is 1. The van der Waals surface area contributed by atoms with Crippen molar-refractivity contribution in [1.29, 1.82) is 0 Å². The molecule has 4 nitrogen and oxygen atoms in total. The summed E-state index contributed by atoms with van der Waals surface area (Å²) in [7, 11) is 1.99. The highest BCUT2D eigenvalue weighted by molar-refractivity contribution is 8.00. The Bertz CT molecular complexity index is 846. The molecular weight excluding hydrogens is 342 g/mol. The SMILES string of the molecule is CCC(Sc1ncc(-c2ccccc2)n1C)C(=O)NCc1ccccc1. The maximum atomic E-state index is 12.6. The number of nitrogens with zero attached hydrogens (tertiary/aromatic N) is 2. The molecule has 5 heteroatoms. The minimum absolute atomic E-state index is 0.0469. The zero-order valence-electron chi connectivity index (χ0n) is 15.1. The fraction of sp³-hybridized carbons (Fsp3) is 0.238. The van der Waals surface area contributed by atoms with E-state index in [0.717, 1.165) is 28.4 Å². The van der Waals surface area contributed by atoms with Crippen LogP contribution in [0.15, 0.2) is 72.0 Å². The summed E-state index contributed by atoms with van der Waals surface area (Å²) in [5.74, 6) is 0.0469. The number of aromatic nitrogens is 2. The molecule has 3 aromatic rings. The quantitative estimate of drug-likeness (QED) is 0.636. The summed E-state index contributed by atoms with van der Waals surface area (Å²) >= 11 is 1.51. The van der Waals surface area contributed by atoms with Gasteiger partial charge in [0.05, 0.1) is 17.1 Å². The highest BCUT2D eigenvalue weighted by Gasteiger charge is 2.21. The van der Waals surface area contributed by atoms with Gasteiger partial charge in [0, 0.05) is 13.6 Å². The lowest BCUT2D eigenvalue weighted by Crippen LogP contribution is -2.32. The van der Waals surface area contributed by atoms with Gasteiger partial charge in [-0.05, 0) is 17.5 Å². The van der Waals surface area contributed by atoms with Crippen molar-refractivity contribution in [3.63, 3.8) is 0 Å². The minimum Gasteiger partial charge on any atom is -0.351 e. The largest absolute Gasteiger partial charge is 0.351 e. The summed E-state index contributed by atoms with van der Waals surface area (Å²) in [4.78, 5) is 17.1. The Morgan fingerprint density at radius 2 is 1.77 bits per heavy atom. The predicted molar refractivity (Wildman–Crippen MR) is 107 cm³/mol. The Kier molecular flexibility index (Phi) is 6.12. The fourth-order valence-corrected chi connectivity index (χ4v) is 3.71. The molecule has 0 saturated heterocycles. The van der Waals surface area contributed by atoms with Gasteiger partial charge in [-0.2, -0.15) is 0 Å². The number of rotatable bonds is 7. The van der Waals surface area contributed by atoms with E-state index in [1.54, 1.807) is 0 Å². The number of nitrogens with one attached hydrogen (secondary N) is 1. The van der Waals surface area contributed by atoms with Gasteiger partial charge >= 0.3 is 0 Å². The maximum Gasteiger partial charge on any atom is 0.233 e. The molecule has 1 aromatic heterocycles. The van der Waals surface area contributed by atoms with E-state index in [4.69, 9.17) is 0 Å². The first-order valence-corrected chi connectivity index (χ1v) is 9.62. The normalized spacial score (nSPS) is 11.9. The molecule has 0 aliphatic rings. The van der Waals surface area contributed by atoms with E-state index < -0.39 is 0 Å². The van der Waals surface area contributed by atoms with Crippen molar-refractivity contribution >= 4 is 17.7 Å². The van der Waals surface area contributed by atoms with Crippen molar-refractivity contribution in [3.8, 4) is 11.3 Å². The van der Waals surface area contributed by atoms with Crippen molar-refractivity contribution in [2.24, 2.45) is 7.05 Å². The van der Waals surface area contributed by atoms with Gasteiger partial charge in [0.2, 0.25) is 5.91 Å². The average molecular weight is 366 g/mol. The first-order chi connectivity index (χ1) is 12.7. The number of hydrogen-bond donors (Lipinski definition) is 1. The molecule has 1 heterocycles. The van der Waals surface area contributed by atoms with Crippen LogP contribution < -0.4 is 5.32 Å². The van der Waals surface area contributed by atoms with E-state index in [1.807, 2.05) is 73.3 Å². The summed E-state index contributed by atoms with van der Waals surface area (Å²) in [6.07, 6.45) is 2.62. The van der Waals surface area contributed by atoms with Crippen LogP contribution in [0, 0.1) is 0 Å². The standard InChI is InChI=1S/C21H23N3OS/c1-3-19(20(25)22-14-16-10-6-4-7-11-16)26-21-23-15-18(24(21)2)17-12-8-5-9-13-17/h4-13,15,19H,3,14H2,1-2H3,(H,22,25). The van der Waals surface area contributed by atoms with Gasteiger partial charge in [-0.15, -0.1) is 0 Å². The Hall–Kier alpha value is -2.53. The Morgan fingerprint density at radius 1 is 1.12 bits per heavy atom. The van der Waals surface area contributed by atoms with Crippen molar-refractivity contribution in [2.75, 3.05) is 0 Å². The molecule has 0 bridgehead atoms. The molecule has 26 heavy (non-hydrogen) atoms. The molecule has 0 spiro atoms. The molecule has 3 rings (SSSR count). The van der Waals surface area contributed by atoms with Gasteiger partial charge in [-0.1, -0.05) is 79.3 Å². The molecule has 1 atom stereocenters. The van der Waals surface area contributed by atoms with Crippen LogP contribution in [0.25, 0.3) is 11.3 Å². The van der Waals surface area contributed by atoms with Crippen LogP contribution in [0.4, 0.5) is 0 Å². The van der Waals surface area contributed by atoms with Crippen LogP contribution in [-0.4, -0.2) is 20.7 Å². The summed E-state index contributed by atoms with van der Waals surface area (Å²) in [6.45, 7) is 2.58. The zero-order valence-corrected chi connectivity index (χ0v) is 15.9. The van der Waals surface area contributed by atoms with Crippen molar-refractivity contribution < 1.29 is 4.79 Å². The van der Waals surface area contributed by atoms with Crippen LogP contribution in [0.3, 0.4) is 0 Å². The fourth-order valence-electron chi connectivity index (χ4n) is 2.73. The predicted octanol–water partition coefficient (Wildman–Crippen LogP) is 4.27. The first kappa shape index (κ1) is 18.3. The lowest BCUT2D eigenvalue weighted by molar-refractivity contribution is -0.120. The number of hydrogen-bond acceptors (Lipinski definition) is 3. The molecule has 0 aliphatic carbocycles. The molecule has 0 saturated carbocycles. The lowest BCUT2D eigenvalue weighted by Gasteiger charge is -2.15. The van der Waals surface area contributed by atoms with Crippen LogP contribution in [0.2, 0.25) is 0 Å². The van der Waals surface area contributed by atoms with Crippen molar-refractivity contribution in [2.45, 2.75) is 30.3 Å². The number of carbonyl (C=O) groups is 1. The van der Waals surface area contributed by atoms with Gasteiger partial charge in [0.15, 0.2) is 5.16 Å². The monoisotopic (exact) mass is 365 g/mol. The van der Waals surface area contributed by atoms with Gasteiger partial charge in [-0.3, -0.25) is 4.79 Å². The number of benzene rings is 2. The lowest BCUT2D eigenvalue weighted by atomic mass is 10.2. The molecule has 0 aliphatic heterocycles. The minimum atomic E-state index is -0.163. The summed E-state index contributed by atoms with van der Waals surface area (Å²) in [5, 5.41) is 3.72. The van der Waals surface area contributed by atoms with E-state index in [2.05, 4.69) is 22.4 Å². The van der Waals surface area contributed by atoms with E-state index in [-0.39, 0.29) is 11.2 Å². The van der Waals surface area contributed by atoms with Crippen LogP contribution >= 0.6 is 11.8 Å². The highest BCUT2D eigenvalue weighted by atomic mass is 32.2. The molecule has 0 radical (unpaired) electrons. The molecule has 134 valence electrons. The van der Waals surface area contributed by atoms with E-state index in [0.29, 0.717) is 6.54 Å². The second-order valence-electron chi connectivity index (χ2n) is 6.07. The van der Waals surface area contributed by atoms with Gasteiger partial charge in [0.1, 0.15) is 0 Å². The average Bonchev–Trinajstić information content (AvgIpc) is 3.06. The molecule has 0 fully saturated rings. The zero-order chi connectivity index (χ0) is 18.4. The van der Waals surface area contributed by atoms with Crippen molar-refractivity contribution in [3.05, 3.63) is 72.4 Å². The van der Waals surface area contributed by atoms with Gasteiger partial charge in [-0.25, -0.2) is 4.98 Å². The van der Waals surface area contributed by atoms with E-state index >= 15 is 0 Å². The Labute approximate surface area is 158 Å². The van der Waals surface area contributed by atoms with Gasteiger partial charge < -0.3 is 9.88 Å². The third-order valence-electron chi connectivity index (χ3n) is 4.24. The van der Waals surface area contributed by atoms with Crippen LogP contribution in [0.1, 0.15) is 18.9 Å². The topological polar surface area (TPSA) is 46.9 Å². The maximum absolute atomic E-state index is 12.6. The summed E-state index contributed by atoms with van der Waals surface area (Å²) < 4.78 is 2.05. The Morgan fingerprint density at radius 3 is 2.42 bits per heavy atom. The highest BCUT2D eigenvalue weighted by Crippen LogP contribution is 2.28.